The number of ether oxygens (including phenoxy) is 1. The lowest BCUT2D eigenvalue weighted by molar-refractivity contribution is -0.384. The van der Waals surface area contributed by atoms with Crippen molar-refractivity contribution < 1.29 is 9.66 Å². The molecule has 5 heteroatoms. The molecule has 0 aliphatic heterocycles. The predicted molar refractivity (Wildman–Crippen MR) is 79.3 cm³/mol. The zero-order valence-electron chi connectivity index (χ0n) is 12.3. The van der Waals surface area contributed by atoms with Gasteiger partial charge in [0.2, 0.25) is 0 Å². The number of anilines is 1. The molecule has 2 atom stereocenters. The number of rotatable bonds is 5. The second kappa shape index (κ2) is 6.11. The van der Waals surface area contributed by atoms with Gasteiger partial charge in [-0.1, -0.05) is 6.92 Å². The van der Waals surface area contributed by atoms with Gasteiger partial charge < -0.3 is 10.1 Å². The molecule has 110 valence electrons. The second-order valence-corrected chi connectivity index (χ2v) is 5.90. The third-order valence-corrected chi connectivity index (χ3v) is 3.54. The zero-order valence-corrected chi connectivity index (χ0v) is 12.3. The number of benzene rings is 1. The quantitative estimate of drug-likeness (QED) is 0.653. The summed E-state index contributed by atoms with van der Waals surface area (Å²) in [6.07, 6.45) is 3.44. The number of non-ortho nitro benzene ring substituents is 1. The average Bonchev–Trinajstić information content (AvgIpc) is 2.73. The highest BCUT2D eigenvalue weighted by atomic mass is 16.6. The van der Waals surface area contributed by atoms with Crippen LogP contribution in [0.1, 0.15) is 40.0 Å². The maximum absolute atomic E-state index is 11.0. The fraction of sp³-hybridized carbons (Fsp3) is 0.600. The molecule has 1 N–H and O–H groups in total. The minimum atomic E-state index is -0.379. The lowest BCUT2D eigenvalue weighted by atomic mass is 10.1. The lowest BCUT2D eigenvalue weighted by Crippen LogP contribution is -2.15. The van der Waals surface area contributed by atoms with E-state index in [0.29, 0.717) is 11.8 Å². The van der Waals surface area contributed by atoms with Gasteiger partial charge in [0.25, 0.3) is 5.69 Å². The average molecular weight is 278 g/mol. The van der Waals surface area contributed by atoms with E-state index in [4.69, 9.17) is 4.74 Å². The van der Waals surface area contributed by atoms with E-state index >= 15 is 0 Å². The van der Waals surface area contributed by atoms with Crippen molar-refractivity contribution >= 4 is 11.4 Å². The Hall–Kier alpha value is -1.78. The van der Waals surface area contributed by atoms with E-state index in [9.17, 15) is 10.1 Å². The molecule has 2 rings (SSSR count). The van der Waals surface area contributed by atoms with E-state index in [0.717, 1.165) is 24.4 Å². The Kier molecular flexibility index (Phi) is 4.47. The second-order valence-electron chi connectivity index (χ2n) is 5.90. The summed E-state index contributed by atoms with van der Waals surface area (Å²) >= 11 is 0. The van der Waals surface area contributed by atoms with Crippen LogP contribution in [-0.4, -0.2) is 17.1 Å². The first-order valence-electron chi connectivity index (χ1n) is 7.16. The Bertz CT molecular complexity index is 488. The summed E-state index contributed by atoms with van der Waals surface area (Å²) in [7, 11) is 0. The van der Waals surface area contributed by atoms with Crippen LogP contribution in [0.4, 0.5) is 11.4 Å². The molecule has 0 aromatic heterocycles. The van der Waals surface area contributed by atoms with Gasteiger partial charge in [-0.2, -0.15) is 0 Å². The summed E-state index contributed by atoms with van der Waals surface area (Å²) in [5.41, 5.74) is 0.839. The van der Waals surface area contributed by atoms with Crippen LogP contribution in [0.3, 0.4) is 0 Å². The van der Waals surface area contributed by atoms with Crippen LogP contribution >= 0.6 is 0 Å². The molecule has 1 saturated carbocycles. The molecule has 0 saturated heterocycles. The molecule has 0 heterocycles. The number of hydrogen-bond acceptors (Lipinski definition) is 4. The summed E-state index contributed by atoms with van der Waals surface area (Å²) in [4.78, 5) is 10.6. The fourth-order valence-corrected chi connectivity index (χ4v) is 2.69. The van der Waals surface area contributed by atoms with Crippen molar-refractivity contribution in [2.45, 2.75) is 52.2 Å². The van der Waals surface area contributed by atoms with E-state index < -0.39 is 0 Å². The normalized spacial score (nSPS) is 22.0. The smallest absolute Gasteiger partial charge is 0.275 e. The first kappa shape index (κ1) is 14.6. The molecule has 1 aliphatic carbocycles. The molecule has 1 aromatic rings. The third-order valence-electron chi connectivity index (χ3n) is 3.54. The van der Waals surface area contributed by atoms with E-state index in [1.165, 1.54) is 12.5 Å². The third kappa shape index (κ3) is 3.85. The van der Waals surface area contributed by atoms with Crippen LogP contribution in [0.25, 0.3) is 0 Å². The highest BCUT2D eigenvalue weighted by molar-refractivity contribution is 5.57. The van der Waals surface area contributed by atoms with Crippen molar-refractivity contribution in [3.63, 3.8) is 0 Å². The molecular formula is C15H22N2O3. The van der Waals surface area contributed by atoms with Gasteiger partial charge in [0, 0.05) is 23.9 Å². The molecule has 1 fully saturated rings. The first-order valence-corrected chi connectivity index (χ1v) is 7.16. The summed E-state index contributed by atoms with van der Waals surface area (Å²) in [6, 6.07) is 5.30. The van der Waals surface area contributed by atoms with Crippen molar-refractivity contribution in [3.05, 3.63) is 28.3 Å². The van der Waals surface area contributed by atoms with Gasteiger partial charge in [-0.3, -0.25) is 10.1 Å². The molecule has 2 unspecified atom stereocenters. The van der Waals surface area contributed by atoms with E-state index in [1.54, 1.807) is 6.07 Å². The number of nitrogens with one attached hydrogen (secondary N) is 1. The molecular weight excluding hydrogens is 256 g/mol. The van der Waals surface area contributed by atoms with E-state index in [1.807, 2.05) is 19.9 Å². The summed E-state index contributed by atoms with van der Waals surface area (Å²) < 4.78 is 5.59. The first-order chi connectivity index (χ1) is 9.44. The number of hydrogen-bond donors (Lipinski definition) is 1. The fourth-order valence-electron chi connectivity index (χ4n) is 2.69. The van der Waals surface area contributed by atoms with Crippen LogP contribution < -0.4 is 10.1 Å². The summed E-state index contributed by atoms with van der Waals surface area (Å²) in [5, 5.41) is 14.4. The van der Waals surface area contributed by atoms with Gasteiger partial charge >= 0.3 is 0 Å². The van der Waals surface area contributed by atoms with Gasteiger partial charge in [0.1, 0.15) is 5.75 Å². The van der Waals surface area contributed by atoms with Crippen molar-refractivity contribution in [1.29, 1.82) is 0 Å². The molecule has 0 radical (unpaired) electrons. The van der Waals surface area contributed by atoms with Crippen LogP contribution in [-0.2, 0) is 0 Å². The van der Waals surface area contributed by atoms with Crippen LogP contribution in [0.2, 0.25) is 0 Å². The molecule has 1 aromatic carbocycles. The Morgan fingerprint density at radius 2 is 2.10 bits per heavy atom. The number of nitro benzene ring substituents is 1. The highest BCUT2D eigenvalue weighted by Crippen LogP contribution is 2.31. The SMILES string of the molecule is CC1CCC(Nc2cc(OC(C)C)cc([N+](=O)[O-])c2)C1. The van der Waals surface area contributed by atoms with Crippen LogP contribution in [0.15, 0.2) is 18.2 Å². The molecule has 1 aliphatic rings. The van der Waals surface area contributed by atoms with Crippen LogP contribution in [0, 0.1) is 16.0 Å². The largest absolute Gasteiger partial charge is 0.491 e. The molecule has 0 bridgehead atoms. The summed E-state index contributed by atoms with van der Waals surface area (Å²) in [5.74, 6) is 1.26. The van der Waals surface area contributed by atoms with E-state index in [2.05, 4.69) is 12.2 Å². The Balaban J connectivity index is 2.17. The van der Waals surface area contributed by atoms with Crippen molar-refractivity contribution in [2.75, 3.05) is 5.32 Å². The monoisotopic (exact) mass is 278 g/mol. The van der Waals surface area contributed by atoms with Gasteiger partial charge in [-0.05, 0) is 39.0 Å². The highest BCUT2D eigenvalue weighted by Gasteiger charge is 2.22. The number of nitrogens with zero attached hydrogens (tertiary/aromatic N) is 1. The zero-order chi connectivity index (χ0) is 14.7. The topological polar surface area (TPSA) is 64.4 Å². The predicted octanol–water partition coefficient (Wildman–Crippen LogP) is 3.98. The van der Waals surface area contributed by atoms with Gasteiger partial charge in [0.15, 0.2) is 0 Å². The van der Waals surface area contributed by atoms with Crippen molar-refractivity contribution in [3.8, 4) is 5.75 Å². The minimum Gasteiger partial charge on any atom is -0.491 e. The summed E-state index contributed by atoms with van der Waals surface area (Å²) in [6.45, 7) is 6.05. The van der Waals surface area contributed by atoms with Crippen molar-refractivity contribution in [2.24, 2.45) is 5.92 Å². The minimum absolute atomic E-state index is 0.00337. The van der Waals surface area contributed by atoms with E-state index in [-0.39, 0.29) is 16.7 Å². The van der Waals surface area contributed by atoms with Gasteiger partial charge in [-0.25, -0.2) is 0 Å². The Morgan fingerprint density at radius 1 is 1.35 bits per heavy atom. The standard InChI is InChI=1S/C15H22N2O3/c1-10(2)20-15-8-13(7-14(9-15)17(18)19)16-12-5-4-11(3)6-12/h7-12,16H,4-6H2,1-3H3. The van der Waals surface area contributed by atoms with Gasteiger partial charge in [0.05, 0.1) is 17.1 Å². The van der Waals surface area contributed by atoms with Crippen LogP contribution in [0.5, 0.6) is 5.75 Å². The molecule has 0 spiro atoms. The van der Waals surface area contributed by atoms with Gasteiger partial charge in [-0.15, -0.1) is 0 Å². The maximum Gasteiger partial charge on any atom is 0.275 e. The molecule has 0 amide bonds. The molecule has 5 nitrogen and oxygen atoms in total. The lowest BCUT2D eigenvalue weighted by Gasteiger charge is -2.16. The Labute approximate surface area is 119 Å². The molecule has 20 heavy (non-hydrogen) atoms. The van der Waals surface area contributed by atoms with Crippen molar-refractivity contribution in [1.82, 2.24) is 0 Å². The Morgan fingerprint density at radius 3 is 2.65 bits per heavy atom. The maximum atomic E-state index is 11.0. The number of nitro groups is 1.